The summed E-state index contributed by atoms with van der Waals surface area (Å²) in [6.45, 7) is 16.6. The smallest absolute Gasteiger partial charge is 0.271 e. The molecule has 3 saturated heterocycles. The van der Waals surface area contributed by atoms with E-state index in [1.54, 1.807) is 107 Å². The van der Waals surface area contributed by atoms with Crippen molar-refractivity contribution in [3.8, 4) is 45.5 Å². The maximum Gasteiger partial charge on any atom is 0.271 e. The quantitative estimate of drug-likeness (QED) is 0.0561. The second-order valence-corrected chi connectivity index (χ2v) is 36.5. The monoisotopic (exact) mass is 1720 g/mol. The second kappa shape index (κ2) is 39.7. The minimum Gasteiger partial charge on any atom is -0.491 e. The summed E-state index contributed by atoms with van der Waals surface area (Å²) < 4.78 is 81.0. The van der Waals surface area contributed by atoms with E-state index in [9.17, 15) is 31.2 Å². The molecule has 0 atom stereocenters. The number of benzene rings is 9. The summed E-state index contributed by atoms with van der Waals surface area (Å²) >= 11 is 0. The summed E-state index contributed by atoms with van der Waals surface area (Å²) in [6, 6.07) is 77.5. The Bertz CT molecular complexity index is 6080. The van der Waals surface area contributed by atoms with Crippen LogP contribution in [0.25, 0.3) is 44.1 Å². The molecule has 9 aromatic carbocycles. The Hall–Kier alpha value is -13.0. The van der Waals surface area contributed by atoms with Crippen LogP contribution in [0.5, 0.6) is 23.3 Å². The number of carbonyl (C=O) groups is 3. The maximum atomic E-state index is 13.7. The number of piperazine rings is 1. The molecule has 23 nitrogen and oxygen atoms in total. The third kappa shape index (κ3) is 21.5. The topological polar surface area (TPSA) is 227 Å². The number of hydrogen-bond donors (Lipinski definition) is 1. The Labute approximate surface area is 734 Å². The van der Waals surface area contributed by atoms with Gasteiger partial charge in [-0.2, -0.15) is 0 Å². The third-order valence-corrected chi connectivity index (χ3v) is 25.9. The van der Waals surface area contributed by atoms with Gasteiger partial charge < -0.3 is 53.7 Å². The Morgan fingerprint density at radius 1 is 0.456 bits per heavy atom. The van der Waals surface area contributed by atoms with Crippen LogP contribution in [-0.4, -0.2) is 191 Å². The molecule has 16 rings (SSSR count). The number of fused-ring (bicyclic) bond motifs is 2. The number of nitrogens with one attached hydrogen (secondary N) is 1. The molecule has 0 spiro atoms. The number of aryl methyl sites for hydroxylation is 1. The molecule has 25 heteroatoms. The number of anilines is 4. The van der Waals surface area contributed by atoms with Gasteiger partial charge in [0.15, 0.2) is 0 Å². The number of ether oxygens (including phenoxy) is 4. The van der Waals surface area contributed by atoms with Gasteiger partial charge in [-0.1, -0.05) is 121 Å². The Kier molecular flexibility index (Phi) is 28.1. The average Bonchev–Trinajstić information content (AvgIpc) is 1.59. The number of aromatic nitrogens is 4. The standard InChI is InChI=1S/C34H46N4O3.2C33H32N4O4S/c1-24(2)40-30-14-11-28(33(21-30)41-25(3)4)22-35-32-15-8-26(5)20-31(32)34(39)38-18-16-37(17-19-38)23-27-9-12-29(13-10-27)36(6)7;1-35(2)27-15-12-24(13-16-27)26-14-17-32(34-23-26)41-28-18-20-36(21-19-28)33(38)31-22-25-8-6-7-11-30(25)37(31)42(39,40)29-9-4-3-5-10-29;1-35(2)26-15-12-24(13-16-26)25-14-17-32(34-22-25)41-27-18-20-36(21-19-27)33(38)30-23-37(31-11-7-6-10-29(30)31)42(39,40)28-8-4-3-5-9-28/h8-15,20-21,24-25,35H,16-19,22-23H2,1-7H3;3-17,22-23,28H,18-21H2,1-2H3;3-17,22-23,27H,18-21H2,1-2H3. The number of rotatable bonds is 25. The fourth-order valence-electron chi connectivity index (χ4n) is 15.6. The van der Waals surface area contributed by atoms with Crippen LogP contribution in [0, 0.1) is 6.92 Å². The highest BCUT2D eigenvalue weighted by Gasteiger charge is 2.34. The molecule has 3 aliphatic rings. The molecule has 3 aliphatic heterocycles. The lowest BCUT2D eigenvalue weighted by atomic mass is 10.1. The molecule has 0 bridgehead atoms. The largest absolute Gasteiger partial charge is 0.491 e. The molecule has 4 aromatic heterocycles. The van der Waals surface area contributed by atoms with Gasteiger partial charge in [0.2, 0.25) is 11.8 Å². The van der Waals surface area contributed by atoms with E-state index in [1.807, 2.05) is 159 Å². The fourth-order valence-corrected chi connectivity index (χ4v) is 18.6. The first-order chi connectivity index (χ1) is 60.2. The molecule has 3 amide bonds. The number of pyridine rings is 2. The SMILES string of the molecule is CN(C)c1ccc(-c2ccc(OC3CCN(C(=O)c4cc5ccccc5n4S(=O)(=O)c4ccccc4)CC3)nc2)cc1.CN(C)c1ccc(-c2ccc(OC3CCN(C(=O)c4cn(S(=O)(=O)c5ccccc5)c5ccccc45)CC3)nc2)cc1.Cc1ccc(NCc2ccc(OC(C)C)cc2OC(C)C)c(C(=O)N2CCN(Cc3ccc(N(C)C)cc3)CC2)c1. The molecule has 1 N–H and O–H groups in total. The van der Waals surface area contributed by atoms with Crippen LogP contribution in [0.1, 0.15) is 101 Å². The number of nitrogens with zero attached hydrogens (tertiary/aromatic N) is 11. The van der Waals surface area contributed by atoms with Crippen molar-refractivity contribution in [1.29, 1.82) is 0 Å². The van der Waals surface area contributed by atoms with Crippen LogP contribution in [0.2, 0.25) is 0 Å². The van der Waals surface area contributed by atoms with Crippen molar-refractivity contribution >= 4 is 82.3 Å². The normalized spacial score (nSPS) is 14.1. The Balaban J connectivity index is 0.000000152. The van der Waals surface area contributed by atoms with Crippen molar-refractivity contribution in [1.82, 2.24) is 37.5 Å². The van der Waals surface area contributed by atoms with E-state index in [1.165, 1.54) is 25.4 Å². The lowest BCUT2D eigenvalue weighted by Crippen LogP contribution is -2.48. The number of piperidine rings is 2. The first-order valence-electron chi connectivity index (χ1n) is 42.5. The molecule has 0 unspecified atom stereocenters. The summed E-state index contributed by atoms with van der Waals surface area (Å²) in [5, 5.41) is 4.83. The summed E-state index contributed by atoms with van der Waals surface area (Å²) in [7, 11) is 4.32. The van der Waals surface area contributed by atoms with E-state index >= 15 is 0 Å². The van der Waals surface area contributed by atoms with Crippen molar-refractivity contribution < 1.29 is 50.2 Å². The van der Waals surface area contributed by atoms with Gasteiger partial charge in [0, 0.05) is 220 Å². The zero-order chi connectivity index (χ0) is 88.1. The zero-order valence-corrected chi connectivity index (χ0v) is 74.5. The molecular formula is C100H110N12O11S2. The highest BCUT2D eigenvalue weighted by atomic mass is 32.2. The van der Waals surface area contributed by atoms with Crippen LogP contribution >= 0.6 is 0 Å². The number of carbonyl (C=O) groups excluding carboxylic acids is 3. The summed E-state index contributed by atoms with van der Waals surface area (Å²) in [5.41, 5.74) is 14.1. The Morgan fingerprint density at radius 3 is 1.45 bits per heavy atom. The van der Waals surface area contributed by atoms with Gasteiger partial charge in [0.05, 0.1) is 44.2 Å². The number of hydrogen-bond acceptors (Lipinski definition) is 18. The zero-order valence-electron chi connectivity index (χ0n) is 72.8. The fraction of sp³-hybridized carbons (Fsp3) is 0.290. The van der Waals surface area contributed by atoms with Gasteiger partial charge in [-0.3, -0.25) is 19.3 Å². The molecule has 7 heterocycles. The van der Waals surface area contributed by atoms with Gasteiger partial charge in [-0.05, 0) is 167 Å². The van der Waals surface area contributed by atoms with Crippen LogP contribution in [0.3, 0.4) is 0 Å². The predicted molar refractivity (Wildman–Crippen MR) is 497 cm³/mol. The van der Waals surface area contributed by atoms with Crippen molar-refractivity contribution in [3.05, 3.63) is 301 Å². The average molecular weight is 1720 g/mol. The molecule has 0 radical (unpaired) electrons. The van der Waals surface area contributed by atoms with Crippen LogP contribution in [0.15, 0.2) is 277 Å². The van der Waals surface area contributed by atoms with E-state index in [4.69, 9.17) is 18.9 Å². The minimum atomic E-state index is -3.98. The molecule has 125 heavy (non-hydrogen) atoms. The van der Waals surface area contributed by atoms with Gasteiger partial charge in [0.1, 0.15) is 29.4 Å². The summed E-state index contributed by atoms with van der Waals surface area (Å²) in [5.74, 6) is 2.26. The van der Waals surface area contributed by atoms with Crippen LogP contribution in [-0.2, 0) is 33.1 Å². The molecule has 0 saturated carbocycles. The first kappa shape index (κ1) is 88.3. The van der Waals surface area contributed by atoms with E-state index in [2.05, 4.69) is 122 Å². The molecule has 0 aliphatic carbocycles. The highest BCUT2D eigenvalue weighted by Crippen LogP contribution is 2.35. The van der Waals surface area contributed by atoms with E-state index < -0.39 is 20.0 Å². The number of likely N-dealkylation sites (tertiary alicyclic amines) is 2. The first-order valence-corrected chi connectivity index (χ1v) is 45.4. The van der Waals surface area contributed by atoms with E-state index in [0.717, 1.165) is 81.6 Å². The number of para-hydroxylation sites is 2. The van der Waals surface area contributed by atoms with Gasteiger partial charge in [-0.15, -0.1) is 0 Å². The third-order valence-electron chi connectivity index (χ3n) is 22.5. The van der Waals surface area contributed by atoms with Crippen molar-refractivity contribution in [2.45, 2.75) is 108 Å². The molecule has 3 fully saturated rings. The van der Waals surface area contributed by atoms with Crippen LogP contribution in [0.4, 0.5) is 22.7 Å². The van der Waals surface area contributed by atoms with Gasteiger partial charge >= 0.3 is 0 Å². The lowest BCUT2D eigenvalue weighted by molar-refractivity contribution is 0.0576. The highest BCUT2D eigenvalue weighted by molar-refractivity contribution is 7.90. The summed E-state index contributed by atoms with van der Waals surface area (Å²) in [6.07, 6.45) is 7.60. The van der Waals surface area contributed by atoms with Crippen molar-refractivity contribution in [3.63, 3.8) is 0 Å². The lowest BCUT2D eigenvalue weighted by Gasteiger charge is -2.35. The van der Waals surface area contributed by atoms with Crippen LogP contribution < -0.4 is 39.0 Å². The van der Waals surface area contributed by atoms with E-state index in [0.29, 0.717) is 116 Å². The maximum absolute atomic E-state index is 13.7. The molecule has 13 aromatic rings. The van der Waals surface area contributed by atoms with E-state index in [-0.39, 0.29) is 57.6 Å². The minimum absolute atomic E-state index is 0.0376. The van der Waals surface area contributed by atoms with Crippen molar-refractivity contribution in [2.75, 3.05) is 115 Å². The molecular weight excluding hydrogens is 1610 g/mol. The van der Waals surface area contributed by atoms with Crippen molar-refractivity contribution in [2.24, 2.45) is 0 Å². The Morgan fingerprint density at radius 2 is 0.928 bits per heavy atom. The second-order valence-electron chi connectivity index (χ2n) is 32.9. The van der Waals surface area contributed by atoms with Gasteiger partial charge in [0.25, 0.3) is 37.8 Å². The predicted octanol–water partition coefficient (Wildman–Crippen LogP) is 17.6. The molecule has 648 valence electrons. The summed E-state index contributed by atoms with van der Waals surface area (Å²) in [4.78, 5) is 64.6. The number of amides is 3. The van der Waals surface area contributed by atoms with Gasteiger partial charge in [-0.25, -0.2) is 34.7 Å².